The van der Waals surface area contributed by atoms with E-state index in [-0.39, 0.29) is 24.8 Å². The summed E-state index contributed by atoms with van der Waals surface area (Å²) < 4.78 is 10.7. The molecular formula is C21H26N4O4. The van der Waals surface area contributed by atoms with Crippen molar-refractivity contribution in [3.63, 3.8) is 0 Å². The van der Waals surface area contributed by atoms with E-state index in [1.165, 1.54) is 0 Å². The normalized spacial score (nSPS) is 18.5. The molecule has 2 aromatic rings. The van der Waals surface area contributed by atoms with E-state index >= 15 is 0 Å². The molecule has 0 radical (unpaired) electrons. The molecule has 1 aromatic heterocycles. The Morgan fingerprint density at radius 2 is 1.97 bits per heavy atom. The van der Waals surface area contributed by atoms with Gasteiger partial charge in [-0.25, -0.2) is 0 Å². The van der Waals surface area contributed by atoms with E-state index in [1.54, 1.807) is 11.8 Å². The first kappa shape index (κ1) is 19.4. The fourth-order valence-electron chi connectivity index (χ4n) is 4.17. The molecule has 2 amide bonds. The van der Waals surface area contributed by atoms with Crippen molar-refractivity contribution >= 4 is 17.5 Å². The number of ether oxygens (including phenoxy) is 1. The van der Waals surface area contributed by atoms with E-state index in [2.05, 4.69) is 15.5 Å². The molecule has 2 heterocycles. The third-order valence-electron chi connectivity index (χ3n) is 5.66. The summed E-state index contributed by atoms with van der Waals surface area (Å²) >= 11 is 0. The van der Waals surface area contributed by atoms with Crippen molar-refractivity contribution < 1.29 is 18.8 Å². The predicted octanol–water partition coefficient (Wildman–Crippen LogP) is 2.86. The molecule has 1 N–H and O–H groups in total. The van der Waals surface area contributed by atoms with Crippen LogP contribution in [0.2, 0.25) is 0 Å². The van der Waals surface area contributed by atoms with Crippen molar-refractivity contribution in [2.75, 3.05) is 18.1 Å². The van der Waals surface area contributed by atoms with Crippen molar-refractivity contribution in [2.24, 2.45) is 0 Å². The second-order valence-corrected chi connectivity index (χ2v) is 7.73. The zero-order chi connectivity index (χ0) is 20.3. The maximum Gasteiger partial charge on any atom is 0.265 e. The Balaban J connectivity index is 1.47. The van der Waals surface area contributed by atoms with Crippen LogP contribution in [0.15, 0.2) is 28.8 Å². The maximum absolute atomic E-state index is 12.9. The lowest BCUT2D eigenvalue weighted by molar-refractivity contribution is -0.123. The van der Waals surface area contributed by atoms with Crippen LogP contribution in [0.25, 0.3) is 0 Å². The lowest BCUT2D eigenvalue weighted by Crippen LogP contribution is -2.48. The monoisotopic (exact) mass is 398 g/mol. The van der Waals surface area contributed by atoms with Gasteiger partial charge in [-0.3, -0.25) is 9.59 Å². The van der Waals surface area contributed by atoms with Crippen LogP contribution in [-0.2, 0) is 15.1 Å². The Labute approximate surface area is 169 Å². The summed E-state index contributed by atoms with van der Waals surface area (Å²) in [6.07, 6.45) is 6.04. The molecule has 0 spiro atoms. The molecule has 154 valence electrons. The lowest BCUT2D eigenvalue weighted by Gasteiger charge is -2.32. The fraction of sp³-hybridized carbons (Fsp3) is 0.524. The van der Waals surface area contributed by atoms with Gasteiger partial charge in [-0.1, -0.05) is 43.0 Å². The first-order valence-electron chi connectivity index (χ1n) is 10.2. The van der Waals surface area contributed by atoms with Crippen LogP contribution in [-0.4, -0.2) is 35.1 Å². The number of nitrogens with one attached hydrogen (secondary N) is 1. The summed E-state index contributed by atoms with van der Waals surface area (Å²) in [7, 11) is 0. The van der Waals surface area contributed by atoms with Crippen LogP contribution < -0.4 is 15.0 Å². The summed E-state index contributed by atoms with van der Waals surface area (Å²) in [6, 6.07) is 7.38. The number of fused-ring (bicyclic) bond motifs is 1. The SMILES string of the molecule is Cc1nc(C2(NC(=O)CCN3C(=O)COc4ccccc43)CCCCCC2)no1. The van der Waals surface area contributed by atoms with Crippen LogP contribution in [0.5, 0.6) is 5.75 Å². The molecule has 29 heavy (non-hydrogen) atoms. The van der Waals surface area contributed by atoms with Crippen LogP contribution in [0.1, 0.15) is 56.7 Å². The molecule has 2 aliphatic rings. The smallest absolute Gasteiger partial charge is 0.265 e. The Bertz CT molecular complexity index is 886. The minimum absolute atomic E-state index is 0.00922. The Morgan fingerprint density at radius 3 is 2.69 bits per heavy atom. The number of rotatable bonds is 5. The summed E-state index contributed by atoms with van der Waals surface area (Å²) in [6.45, 7) is 2.04. The van der Waals surface area contributed by atoms with E-state index in [0.717, 1.165) is 38.5 Å². The van der Waals surface area contributed by atoms with Crippen LogP contribution in [0.4, 0.5) is 5.69 Å². The molecule has 1 fully saturated rings. The third kappa shape index (κ3) is 4.11. The summed E-state index contributed by atoms with van der Waals surface area (Å²) in [5.41, 5.74) is 0.104. The number of benzene rings is 1. The number of para-hydroxylation sites is 2. The molecule has 0 saturated heterocycles. The quantitative estimate of drug-likeness (QED) is 0.778. The minimum Gasteiger partial charge on any atom is -0.482 e. The standard InChI is InChI=1S/C21H26N4O4/c1-15-22-20(24-29-15)21(11-6-2-3-7-12-21)23-18(26)10-13-25-16-8-4-5-9-17(16)28-14-19(25)27/h4-5,8-9H,2-3,6-7,10-14H2,1H3,(H,23,26). The Kier molecular flexibility index (Phi) is 5.51. The first-order valence-corrected chi connectivity index (χ1v) is 10.2. The van der Waals surface area contributed by atoms with Crippen LogP contribution in [0.3, 0.4) is 0 Å². The van der Waals surface area contributed by atoms with Crippen LogP contribution in [0, 0.1) is 6.92 Å². The minimum atomic E-state index is -0.599. The molecule has 1 aliphatic carbocycles. The van der Waals surface area contributed by atoms with Crippen molar-refractivity contribution in [1.29, 1.82) is 0 Å². The number of nitrogens with zero attached hydrogens (tertiary/aromatic N) is 3. The largest absolute Gasteiger partial charge is 0.482 e. The summed E-state index contributed by atoms with van der Waals surface area (Å²) in [4.78, 5) is 31.3. The van der Waals surface area contributed by atoms with Gasteiger partial charge in [-0.05, 0) is 25.0 Å². The Morgan fingerprint density at radius 1 is 1.21 bits per heavy atom. The second-order valence-electron chi connectivity index (χ2n) is 7.73. The number of aromatic nitrogens is 2. The van der Waals surface area contributed by atoms with Gasteiger partial charge in [-0.2, -0.15) is 4.98 Å². The maximum atomic E-state index is 12.9. The molecule has 1 aromatic carbocycles. The topological polar surface area (TPSA) is 97.6 Å². The third-order valence-corrected chi connectivity index (χ3v) is 5.66. The molecule has 8 nitrogen and oxygen atoms in total. The highest BCUT2D eigenvalue weighted by Gasteiger charge is 2.39. The summed E-state index contributed by atoms with van der Waals surface area (Å²) in [5.74, 6) is 1.45. The molecule has 0 bridgehead atoms. The number of anilines is 1. The van der Waals surface area contributed by atoms with E-state index < -0.39 is 5.54 Å². The van der Waals surface area contributed by atoms with Gasteiger partial charge in [0.1, 0.15) is 11.3 Å². The number of carbonyl (C=O) groups is 2. The van der Waals surface area contributed by atoms with Crippen molar-refractivity contribution in [3.8, 4) is 5.75 Å². The molecule has 8 heteroatoms. The van der Waals surface area contributed by atoms with Gasteiger partial charge in [0.25, 0.3) is 5.91 Å². The van der Waals surface area contributed by atoms with E-state index in [1.807, 2.05) is 24.3 Å². The van der Waals surface area contributed by atoms with Crippen molar-refractivity contribution in [3.05, 3.63) is 36.0 Å². The van der Waals surface area contributed by atoms with E-state index in [0.29, 0.717) is 29.7 Å². The second kappa shape index (κ2) is 8.23. The average Bonchev–Trinajstić information content (AvgIpc) is 3.02. The highest BCUT2D eigenvalue weighted by atomic mass is 16.5. The predicted molar refractivity (Wildman–Crippen MR) is 105 cm³/mol. The first-order chi connectivity index (χ1) is 14.1. The molecule has 1 saturated carbocycles. The van der Waals surface area contributed by atoms with E-state index in [9.17, 15) is 9.59 Å². The van der Waals surface area contributed by atoms with Gasteiger partial charge in [0.05, 0.1) is 5.69 Å². The van der Waals surface area contributed by atoms with Gasteiger partial charge in [0.2, 0.25) is 11.8 Å². The highest BCUT2D eigenvalue weighted by molar-refractivity contribution is 5.98. The number of aryl methyl sites for hydroxylation is 1. The van der Waals surface area contributed by atoms with Crippen LogP contribution >= 0.6 is 0 Å². The average molecular weight is 398 g/mol. The van der Waals surface area contributed by atoms with Gasteiger partial charge < -0.3 is 19.5 Å². The number of amides is 2. The fourth-order valence-corrected chi connectivity index (χ4v) is 4.17. The summed E-state index contributed by atoms with van der Waals surface area (Å²) in [5, 5.41) is 7.30. The zero-order valence-electron chi connectivity index (χ0n) is 16.6. The van der Waals surface area contributed by atoms with Crippen molar-refractivity contribution in [2.45, 2.75) is 57.4 Å². The zero-order valence-corrected chi connectivity index (χ0v) is 16.6. The molecule has 4 rings (SSSR count). The van der Waals surface area contributed by atoms with Gasteiger partial charge in [-0.15, -0.1) is 0 Å². The number of hydrogen-bond acceptors (Lipinski definition) is 6. The van der Waals surface area contributed by atoms with Gasteiger partial charge in [0, 0.05) is 19.9 Å². The molecular weight excluding hydrogens is 372 g/mol. The molecule has 1 aliphatic heterocycles. The Hall–Kier alpha value is -2.90. The highest BCUT2D eigenvalue weighted by Crippen LogP contribution is 2.35. The lowest BCUT2D eigenvalue weighted by atomic mass is 9.89. The van der Waals surface area contributed by atoms with Gasteiger partial charge >= 0.3 is 0 Å². The number of hydrogen-bond donors (Lipinski definition) is 1. The number of carbonyl (C=O) groups excluding carboxylic acids is 2. The van der Waals surface area contributed by atoms with Gasteiger partial charge in [0.15, 0.2) is 12.4 Å². The molecule has 0 unspecified atom stereocenters. The van der Waals surface area contributed by atoms with E-state index in [4.69, 9.17) is 9.26 Å². The van der Waals surface area contributed by atoms with Crippen molar-refractivity contribution in [1.82, 2.24) is 15.5 Å². The molecule has 0 atom stereocenters.